The lowest BCUT2D eigenvalue weighted by atomic mass is 10.0. The highest BCUT2D eigenvalue weighted by Crippen LogP contribution is 2.17. The summed E-state index contributed by atoms with van der Waals surface area (Å²) >= 11 is 0. The van der Waals surface area contributed by atoms with Gasteiger partial charge >= 0.3 is 17.9 Å². The van der Waals surface area contributed by atoms with E-state index in [4.69, 9.17) is 14.2 Å². The van der Waals surface area contributed by atoms with Crippen molar-refractivity contribution in [3.05, 3.63) is 134 Å². The van der Waals surface area contributed by atoms with E-state index in [1.54, 1.807) is 0 Å². The van der Waals surface area contributed by atoms with Crippen LogP contribution in [-0.2, 0) is 28.6 Å². The van der Waals surface area contributed by atoms with Crippen LogP contribution in [0.3, 0.4) is 0 Å². The van der Waals surface area contributed by atoms with E-state index in [2.05, 4.69) is 142 Å². The van der Waals surface area contributed by atoms with Gasteiger partial charge in [-0.2, -0.15) is 0 Å². The third-order valence-corrected chi connectivity index (χ3v) is 14.6. The summed E-state index contributed by atoms with van der Waals surface area (Å²) in [5.74, 6) is -1.06. The normalized spacial score (nSPS) is 13.0. The second-order valence-corrected chi connectivity index (χ2v) is 22.7. The minimum atomic E-state index is -0.840. The second-order valence-electron chi connectivity index (χ2n) is 22.7. The molecule has 0 N–H and O–H groups in total. The van der Waals surface area contributed by atoms with Gasteiger partial charge in [0.05, 0.1) is 0 Å². The maximum Gasteiger partial charge on any atom is 0.306 e. The first-order chi connectivity index (χ1) is 41.0. The first kappa shape index (κ1) is 78.5. The van der Waals surface area contributed by atoms with E-state index in [1.807, 2.05) is 12.2 Å². The van der Waals surface area contributed by atoms with Gasteiger partial charge in [0.2, 0.25) is 0 Å². The lowest BCUT2D eigenvalue weighted by Crippen LogP contribution is -2.30. The number of hydrogen-bond acceptors (Lipinski definition) is 6. The van der Waals surface area contributed by atoms with Gasteiger partial charge in [-0.3, -0.25) is 14.4 Å². The monoisotopic (exact) mass is 1150 g/mol. The lowest BCUT2D eigenvalue weighted by molar-refractivity contribution is -0.166. The number of carbonyl (C=O) groups excluding carboxylic acids is 3. The summed E-state index contributed by atoms with van der Waals surface area (Å²) < 4.78 is 16.8. The maximum atomic E-state index is 12.9. The standard InChI is InChI=1S/C77H128O6/c1-4-7-10-13-16-19-22-25-27-29-30-31-32-33-34-35-36-37-38-39-40-41-42-43-44-45-46-48-49-52-55-58-61-64-67-70-76(79)82-73-74(72-81-75(78)69-66-63-60-57-54-51-24-21-18-15-12-9-6-3)83-77(80)71-68-65-62-59-56-53-50-47-28-26-23-20-17-14-11-8-5-2/h8-9,11-12,17-18,20-22,25-26,28-30,50-51,53-54,59-60,62-63,74H,4-7,10,13-16,19,23-24,27,31-49,52,55-58,61,64-73H2,1-3H3/b11-8-,12-9-,20-17-,21-18-,25-22-,28-26-,30-29-,53-50-,54-51-,62-59-,63-60-. The highest BCUT2D eigenvalue weighted by atomic mass is 16.6. The molecule has 0 amide bonds. The van der Waals surface area contributed by atoms with Gasteiger partial charge in [-0.05, 0) is 116 Å². The number of allylic oxidation sites excluding steroid dienone is 22. The van der Waals surface area contributed by atoms with Crippen LogP contribution >= 0.6 is 0 Å². The van der Waals surface area contributed by atoms with Crippen LogP contribution in [0.25, 0.3) is 0 Å². The van der Waals surface area contributed by atoms with Crippen molar-refractivity contribution in [3.8, 4) is 0 Å². The molecule has 0 aliphatic heterocycles. The zero-order valence-corrected chi connectivity index (χ0v) is 54.2. The minimum Gasteiger partial charge on any atom is -0.462 e. The van der Waals surface area contributed by atoms with Crippen LogP contribution < -0.4 is 0 Å². The Kier molecular flexibility index (Phi) is 66.3. The van der Waals surface area contributed by atoms with Crippen molar-refractivity contribution in [3.63, 3.8) is 0 Å². The van der Waals surface area contributed by atoms with Gasteiger partial charge in [0.1, 0.15) is 13.2 Å². The molecule has 472 valence electrons. The Morgan fingerprint density at radius 3 is 0.843 bits per heavy atom. The third kappa shape index (κ3) is 68.2. The van der Waals surface area contributed by atoms with Crippen molar-refractivity contribution in [2.75, 3.05) is 13.2 Å². The van der Waals surface area contributed by atoms with Gasteiger partial charge in [-0.1, -0.05) is 315 Å². The van der Waals surface area contributed by atoms with Gasteiger partial charge in [0.25, 0.3) is 0 Å². The molecule has 0 aromatic carbocycles. The first-order valence-electron chi connectivity index (χ1n) is 34.7. The number of rotatable bonds is 62. The average Bonchev–Trinajstić information content (AvgIpc) is 3.49. The van der Waals surface area contributed by atoms with E-state index in [0.717, 1.165) is 89.9 Å². The molecule has 6 heteroatoms. The number of hydrogen-bond donors (Lipinski definition) is 0. The summed E-state index contributed by atoms with van der Waals surface area (Å²) in [6, 6.07) is 0. The first-order valence-corrected chi connectivity index (χ1v) is 34.7. The molecule has 0 rings (SSSR count). The molecule has 1 unspecified atom stereocenters. The van der Waals surface area contributed by atoms with Crippen LogP contribution in [0.5, 0.6) is 0 Å². The van der Waals surface area contributed by atoms with Crippen molar-refractivity contribution < 1.29 is 28.6 Å². The number of carbonyl (C=O) groups is 3. The van der Waals surface area contributed by atoms with Crippen LogP contribution in [0.4, 0.5) is 0 Å². The summed E-state index contributed by atoms with van der Waals surface area (Å²) in [5, 5.41) is 0. The Morgan fingerprint density at radius 1 is 0.253 bits per heavy atom. The Morgan fingerprint density at radius 2 is 0.506 bits per heavy atom. The fourth-order valence-corrected chi connectivity index (χ4v) is 9.52. The second kappa shape index (κ2) is 70.0. The van der Waals surface area contributed by atoms with Gasteiger partial charge < -0.3 is 14.2 Å². The Bertz CT molecular complexity index is 1750. The lowest BCUT2D eigenvalue weighted by Gasteiger charge is -2.18. The molecule has 0 aromatic heterocycles. The molecule has 1 atom stereocenters. The van der Waals surface area contributed by atoms with Crippen molar-refractivity contribution >= 4 is 17.9 Å². The van der Waals surface area contributed by atoms with E-state index in [1.165, 1.54) is 173 Å². The van der Waals surface area contributed by atoms with E-state index in [-0.39, 0.29) is 44.0 Å². The van der Waals surface area contributed by atoms with Crippen molar-refractivity contribution in [2.24, 2.45) is 0 Å². The molecule has 0 saturated heterocycles. The van der Waals surface area contributed by atoms with Gasteiger partial charge in [0, 0.05) is 19.3 Å². The molecule has 6 nitrogen and oxygen atoms in total. The van der Waals surface area contributed by atoms with E-state index in [0.29, 0.717) is 19.3 Å². The van der Waals surface area contributed by atoms with Gasteiger partial charge in [-0.15, -0.1) is 0 Å². The Hall–Kier alpha value is -4.45. The fourth-order valence-electron chi connectivity index (χ4n) is 9.52. The topological polar surface area (TPSA) is 78.9 Å². The Labute approximate surface area is 513 Å². The molecule has 0 heterocycles. The summed E-state index contributed by atoms with van der Waals surface area (Å²) in [5.41, 5.74) is 0. The largest absolute Gasteiger partial charge is 0.462 e. The van der Waals surface area contributed by atoms with Gasteiger partial charge in [0.15, 0.2) is 6.10 Å². The molecular formula is C77H128O6. The van der Waals surface area contributed by atoms with E-state index >= 15 is 0 Å². The molecule has 0 fully saturated rings. The Balaban J connectivity index is 4.20. The van der Waals surface area contributed by atoms with Crippen LogP contribution in [-0.4, -0.2) is 37.2 Å². The molecule has 0 aromatic rings. The summed E-state index contributed by atoms with van der Waals surface area (Å²) in [4.78, 5) is 38.2. The van der Waals surface area contributed by atoms with Crippen LogP contribution in [0.15, 0.2) is 134 Å². The van der Waals surface area contributed by atoms with Crippen LogP contribution in [0.1, 0.15) is 316 Å². The van der Waals surface area contributed by atoms with E-state index in [9.17, 15) is 14.4 Å². The smallest absolute Gasteiger partial charge is 0.306 e. The fraction of sp³-hybridized carbons (Fsp3) is 0.675. The van der Waals surface area contributed by atoms with E-state index < -0.39 is 6.10 Å². The summed E-state index contributed by atoms with van der Waals surface area (Å²) in [6.45, 7) is 6.30. The predicted octanol–water partition coefficient (Wildman–Crippen LogP) is 24.1. The molecule has 0 saturated carbocycles. The molecule has 0 bridgehead atoms. The third-order valence-electron chi connectivity index (χ3n) is 14.6. The molecule has 0 spiro atoms. The summed E-state index contributed by atoms with van der Waals surface area (Å²) in [6.07, 6.45) is 99.6. The summed E-state index contributed by atoms with van der Waals surface area (Å²) in [7, 11) is 0. The van der Waals surface area contributed by atoms with Crippen LogP contribution in [0, 0.1) is 0 Å². The molecule has 83 heavy (non-hydrogen) atoms. The number of unbranched alkanes of at least 4 members (excludes halogenated alkanes) is 29. The molecule has 0 radical (unpaired) electrons. The number of esters is 3. The maximum absolute atomic E-state index is 12.9. The van der Waals surface area contributed by atoms with Crippen molar-refractivity contribution in [1.82, 2.24) is 0 Å². The predicted molar refractivity (Wildman–Crippen MR) is 362 cm³/mol. The molecule has 0 aliphatic carbocycles. The quantitative estimate of drug-likeness (QED) is 0.0261. The van der Waals surface area contributed by atoms with Crippen molar-refractivity contribution in [1.29, 1.82) is 0 Å². The minimum absolute atomic E-state index is 0.124. The average molecular weight is 1150 g/mol. The molecule has 0 aliphatic rings. The van der Waals surface area contributed by atoms with Gasteiger partial charge in [-0.25, -0.2) is 0 Å². The van der Waals surface area contributed by atoms with Crippen molar-refractivity contribution in [2.45, 2.75) is 322 Å². The number of ether oxygens (including phenoxy) is 3. The zero-order chi connectivity index (χ0) is 59.9. The highest BCUT2D eigenvalue weighted by molar-refractivity contribution is 5.71. The SMILES string of the molecule is CC/C=C\C/C=C\C/C=C\C/C=C\C/C=C\CCCC(=O)OC(COC(=O)CC/C=C\C/C=C\C/C=C\C/C=C\CC)COC(=O)CCCCCCCCCCCCCCCCCCCCCCCCC/C=C\C/C=C\CCCCCCC. The highest BCUT2D eigenvalue weighted by Gasteiger charge is 2.19. The molecular weight excluding hydrogens is 1020 g/mol. The zero-order valence-electron chi connectivity index (χ0n) is 54.2. The van der Waals surface area contributed by atoms with Crippen LogP contribution in [0.2, 0.25) is 0 Å².